The molecule has 0 aliphatic carbocycles. The quantitative estimate of drug-likeness (QED) is 0.0598. The third-order valence-corrected chi connectivity index (χ3v) is 8.36. The minimum atomic E-state index is -0.483. The van der Waals surface area contributed by atoms with Crippen molar-refractivity contribution in [3.8, 4) is 5.75 Å². The zero-order valence-corrected chi connectivity index (χ0v) is 32.3. The van der Waals surface area contributed by atoms with Crippen molar-refractivity contribution < 1.29 is 33.3 Å². The molecule has 0 bridgehead atoms. The van der Waals surface area contributed by atoms with Crippen molar-refractivity contribution in [2.75, 3.05) is 43.4 Å². The first-order chi connectivity index (χ1) is 26.1. The number of nitrogens with one attached hydrogen (secondary N) is 3. The number of carbonyl (C=O) groups excluding carboxylic acids is 3. The predicted octanol–water partition coefficient (Wildman–Crippen LogP) is 8.51. The summed E-state index contributed by atoms with van der Waals surface area (Å²) in [5.74, 6) is -0.0421. The second-order valence-corrected chi connectivity index (χ2v) is 14.6. The van der Waals surface area contributed by atoms with E-state index in [0.29, 0.717) is 33.8 Å². The molecule has 0 unspecified atom stereocenters. The summed E-state index contributed by atoms with van der Waals surface area (Å²) in [6.45, 7) is 13.3. The molecule has 0 amide bonds. The van der Waals surface area contributed by atoms with Gasteiger partial charge in [-0.1, -0.05) is 53.7 Å². The van der Waals surface area contributed by atoms with E-state index >= 15 is 0 Å². The molecule has 0 saturated carbocycles. The molecule has 1 aromatic heterocycles. The van der Waals surface area contributed by atoms with Gasteiger partial charge in [-0.15, -0.1) is 0 Å². The van der Waals surface area contributed by atoms with Gasteiger partial charge in [0.25, 0.3) is 0 Å². The Balaban J connectivity index is 1.26. The summed E-state index contributed by atoms with van der Waals surface area (Å²) in [7, 11) is 2.63. The van der Waals surface area contributed by atoms with Gasteiger partial charge >= 0.3 is 17.9 Å². The number of anilines is 6. The zero-order valence-electron chi connectivity index (χ0n) is 32.3. The molecule has 0 radical (unpaired) electrons. The van der Waals surface area contributed by atoms with E-state index in [2.05, 4.69) is 84.6 Å². The van der Waals surface area contributed by atoms with Crippen LogP contribution in [0.3, 0.4) is 0 Å². The van der Waals surface area contributed by atoms with Crippen molar-refractivity contribution in [3.05, 3.63) is 119 Å². The van der Waals surface area contributed by atoms with Gasteiger partial charge in [0.2, 0.25) is 17.8 Å². The Kier molecular flexibility index (Phi) is 12.3. The topological polar surface area (TPSA) is 163 Å². The fraction of sp³-hybridized carbons (Fsp3) is 0.286. The molecule has 13 nitrogen and oxygen atoms in total. The second kappa shape index (κ2) is 17.1. The van der Waals surface area contributed by atoms with Crippen LogP contribution in [-0.4, -0.2) is 60.3 Å². The number of rotatable bonds is 13. The molecule has 1 heterocycles. The molecule has 0 aliphatic rings. The van der Waals surface area contributed by atoms with Gasteiger partial charge in [0.15, 0.2) is 0 Å². The largest absolute Gasteiger partial charge is 0.490 e. The lowest BCUT2D eigenvalue weighted by Gasteiger charge is -2.27. The van der Waals surface area contributed by atoms with Crippen molar-refractivity contribution in [1.82, 2.24) is 15.0 Å². The molecule has 0 fully saturated rings. The molecule has 5 aromatic rings. The summed E-state index contributed by atoms with van der Waals surface area (Å²) in [4.78, 5) is 50.2. The fourth-order valence-electron chi connectivity index (χ4n) is 5.31. The van der Waals surface area contributed by atoms with Gasteiger partial charge in [-0.25, -0.2) is 14.4 Å². The number of hydrogen-bond acceptors (Lipinski definition) is 13. The van der Waals surface area contributed by atoms with E-state index in [-0.39, 0.29) is 41.9 Å². The molecular formula is C42H46N6O7. The molecule has 0 spiro atoms. The Morgan fingerprint density at radius 3 is 1.29 bits per heavy atom. The summed E-state index contributed by atoms with van der Waals surface area (Å²) in [6.07, 6.45) is 0. The first kappa shape index (κ1) is 39.7. The van der Waals surface area contributed by atoms with Crippen LogP contribution < -0.4 is 20.7 Å². The highest BCUT2D eigenvalue weighted by atomic mass is 16.6. The van der Waals surface area contributed by atoms with Gasteiger partial charge in [0, 0.05) is 17.1 Å². The van der Waals surface area contributed by atoms with Crippen LogP contribution in [0, 0.1) is 0 Å². The first-order valence-electron chi connectivity index (χ1n) is 17.6. The van der Waals surface area contributed by atoms with Crippen LogP contribution in [0.1, 0.15) is 83.7 Å². The van der Waals surface area contributed by atoms with Crippen LogP contribution in [0.15, 0.2) is 91.0 Å². The van der Waals surface area contributed by atoms with Crippen LogP contribution in [0.4, 0.5) is 34.9 Å². The Hall–Kier alpha value is -6.50. The van der Waals surface area contributed by atoms with Gasteiger partial charge in [0.05, 0.1) is 30.9 Å². The number of ether oxygens (including phenoxy) is 4. The lowest BCUT2D eigenvalue weighted by Crippen LogP contribution is -2.19. The molecule has 4 aromatic carbocycles. The second-order valence-electron chi connectivity index (χ2n) is 14.6. The molecule has 55 heavy (non-hydrogen) atoms. The van der Waals surface area contributed by atoms with E-state index < -0.39 is 17.9 Å². The van der Waals surface area contributed by atoms with E-state index in [0.717, 1.165) is 11.3 Å². The summed E-state index contributed by atoms with van der Waals surface area (Å²) >= 11 is 0. The van der Waals surface area contributed by atoms with Crippen molar-refractivity contribution in [2.45, 2.75) is 52.4 Å². The monoisotopic (exact) mass is 746 g/mol. The summed E-state index contributed by atoms with van der Waals surface area (Å²) in [6, 6.07) is 26.2. The highest BCUT2D eigenvalue weighted by Gasteiger charge is 2.23. The van der Waals surface area contributed by atoms with Crippen molar-refractivity contribution >= 4 is 52.8 Å². The van der Waals surface area contributed by atoms with E-state index in [9.17, 15) is 14.4 Å². The average Bonchev–Trinajstić information content (AvgIpc) is 3.16. The summed E-state index contributed by atoms with van der Waals surface area (Å²) in [5, 5.41) is 9.39. The Labute approximate surface area is 320 Å². The molecule has 286 valence electrons. The van der Waals surface area contributed by atoms with Crippen LogP contribution >= 0.6 is 0 Å². The maximum atomic E-state index is 12.9. The molecular weight excluding hydrogens is 700 g/mol. The first-order valence-corrected chi connectivity index (χ1v) is 17.6. The normalized spacial score (nSPS) is 11.3. The third-order valence-electron chi connectivity index (χ3n) is 8.36. The van der Waals surface area contributed by atoms with Crippen LogP contribution in [-0.2, 0) is 25.0 Å². The van der Waals surface area contributed by atoms with Gasteiger partial charge in [-0.05, 0) is 101 Å². The maximum Gasteiger partial charge on any atom is 0.338 e. The van der Waals surface area contributed by atoms with Crippen LogP contribution in [0.2, 0.25) is 0 Å². The summed E-state index contributed by atoms with van der Waals surface area (Å²) in [5.41, 5.74) is 5.17. The molecule has 0 aliphatic heterocycles. The minimum absolute atomic E-state index is 0.00918. The van der Waals surface area contributed by atoms with Gasteiger partial charge in [-0.3, -0.25) is 0 Å². The van der Waals surface area contributed by atoms with Crippen molar-refractivity contribution in [1.29, 1.82) is 0 Å². The number of esters is 3. The highest BCUT2D eigenvalue weighted by Crippen LogP contribution is 2.35. The minimum Gasteiger partial charge on any atom is -0.490 e. The van der Waals surface area contributed by atoms with Crippen molar-refractivity contribution in [2.24, 2.45) is 0 Å². The molecule has 13 heteroatoms. The Bertz CT molecular complexity index is 2040. The number of carbonyl (C=O) groups is 3. The van der Waals surface area contributed by atoms with Gasteiger partial charge < -0.3 is 34.9 Å². The average molecular weight is 747 g/mol. The van der Waals surface area contributed by atoms with E-state index in [1.54, 1.807) is 72.8 Å². The van der Waals surface area contributed by atoms with Crippen molar-refractivity contribution in [3.63, 3.8) is 0 Å². The lowest BCUT2D eigenvalue weighted by molar-refractivity contribution is 0.0448. The Morgan fingerprint density at radius 1 is 0.527 bits per heavy atom. The number of methoxy groups -OCH3 is 2. The number of hydrogen-bond donors (Lipinski definition) is 3. The number of benzene rings is 4. The van der Waals surface area contributed by atoms with Crippen LogP contribution in [0.25, 0.3) is 0 Å². The standard InChI is InChI=1S/C42H46N6O7/c1-41(2,3)29-15-22-34(33(25-29)42(4,5)6)54-23-24-55-37(51)28-13-20-32(21-14-28)45-40-47-38(43-30-16-9-26(10-17-30)35(49)52-7)46-39(48-40)44-31-18-11-27(12-19-31)36(50)53-8/h9-22,25H,23-24H2,1-8H3,(H3,43,44,45,46,47,48). The van der Waals surface area contributed by atoms with E-state index in [1.165, 1.54) is 19.8 Å². The lowest BCUT2D eigenvalue weighted by atomic mass is 9.80. The third kappa shape index (κ3) is 10.8. The van der Waals surface area contributed by atoms with Gasteiger partial charge in [0.1, 0.15) is 19.0 Å². The SMILES string of the molecule is COC(=O)c1ccc(Nc2nc(Nc3ccc(C(=O)OC)cc3)nc(Nc3ccc(C(=O)OCCOc4ccc(C(C)(C)C)cc4C(C)(C)C)cc3)n2)cc1. The highest BCUT2D eigenvalue weighted by molar-refractivity contribution is 5.91. The smallest absolute Gasteiger partial charge is 0.338 e. The van der Waals surface area contributed by atoms with E-state index in [1.807, 2.05) is 6.07 Å². The van der Waals surface area contributed by atoms with Gasteiger partial charge in [-0.2, -0.15) is 15.0 Å². The molecule has 5 rings (SSSR count). The van der Waals surface area contributed by atoms with E-state index in [4.69, 9.17) is 18.9 Å². The summed E-state index contributed by atoms with van der Waals surface area (Å²) < 4.78 is 21.2. The fourth-order valence-corrected chi connectivity index (χ4v) is 5.31. The zero-order chi connectivity index (χ0) is 39.8. The van der Waals surface area contributed by atoms with Crippen LogP contribution in [0.5, 0.6) is 5.75 Å². The molecule has 0 atom stereocenters. The number of nitrogens with zero attached hydrogens (tertiary/aromatic N) is 3. The molecule has 3 N–H and O–H groups in total. The Morgan fingerprint density at radius 2 is 0.927 bits per heavy atom. The predicted molar refractivity (Wildman–Crippen MR) is 211 cm³/mol. The number of aromatic nitrogens is 3. The molecule has 0 saturated heterocycles. The maximum absolute atomic E-state index is 12.9.